The second-order valence-electron chi connectivity index (χ2n) is 6.83. The van der Waals surface area contributed by atoms with Crippen molar-refractivity contribution >= 4 is 11.9 Å². The topological polar surface area (TPSA) is 46.6 Å². The minimum Gasteiger partial charge on any atom is -0.433 e. The van der Waals surface area contributed by atoms with Gasteiger partial charge < -0.3 is 9.64 Å². The van der Waals surface area contributed by atoms with Crippen LogP contribution in [-0.4, -0.2) is 28.9 Å². The van der Waals surface area contributed by atoms with Crippen LogP contribution in [0.25, 0.3) is 0 Å². The van der Waals surface area contributed by atoms with Gasteiger partial charge in [-0.3, -0.25) is 4.79 Å². The van der Waals surface area contributed by atoms with Gasteiger partial charge in [0.05, 0.1) is 0 Å². The number of carbonyl (C=O) groups is 2. The fourth-order valence-electron chi connectivity index (χ4n) is 2.64. The van der Waals surface area contributed by atoms with Crippen molar-refractivity contribution in [2.75, 3.05) is 0 Å². The lowest BCUT2D eigenvalue weighted by atomic mass is 9.98. The normalized spacial score (nSPS) is 12.6. The fraction of sp³-hybridized carbons (Fsp3) is 0.579. The molecule has 1 rings (SSSR count). The Hall–Kier alpha value is -1.84. The molecule has 1 atom stereocenters. The second-order valence-corrected chi connectivity index (χ2v) is 6.83. The number of benzene rings is 1. The Morgan fingerprint density at radius 3 is 1.91 bits per heavy atom. The molecule has 4 heteroatoms. The Morgan fingerprint density at radius 1 is 0.957 bits per heavy atom. The standard InChI is InChI=1S/C19H29NO3/c1-13(2)12-17(21)18(16-10-8-7-9-11-16)23-19(22)20(14(3)4)15(5)6/h7-11,13-15,18H,12H2,1-6H3. The van der Waals surface area contributed by atoms with E-state index < -0.39 is 12.2 Å². The summed E-state index contributed by atoms with van der Waals surface area (Å²) in [5.74, 6) is 0.158. The second kappa shape index (κ2) is 8.70. The van der Waals surface area contributed by atoms with Crippen molar-refractivity contribution in [3.63, 3.8) is 0 Å². The first kappa shape index (κ1) is 19.2. The molecule has 1 unspecified atom stereocenters. The molecule has 0 bridgehead atoms. The molecule has 0 aliphatic rings. The molecular formula is C19H29NO3. The number of carbonyl (C=O) groups excluding carboxylic acids is 2. The number of amides is 1. The Kier molecular flexibility index (Phi) is 7.27. The summed E-state index contributed by atoms with van der Waals surface area (Å²) in [6.07, 6.45) is -0.900. The lowest BCUT2D eigenvalue weighted by Gasteiger charge is -2.31. The van der Waals surface area contributed by atoms with Crippen LogP contribution in [-0.2, 0) is 9.53 Å². The van der Waals surface area contributed by atoms with Crippen LogP contribution >= 0.6 is 0 Å². The minimum atomic E-state index is -0.842. The zero-order chi connectivity index (χ0) is 17.6. The van der Waals surface area contributed by atoms with Gasteiger partial charge in [-0.2, -0.15) is 0 Å². The smallest absolute Gasteiger partial charge is 0.411 e. The van der Waals surface area contributed by atoms with Gasteiger partial charge in [-0.1, -0.05) is 44.2 Å². The van der Waals surface area contributed by atoms with Crippen LogP contribution in [0.4, 0.5) is 4.79 Å². The minimum absolute atomic E-state index is 0.0131. The summed E-state index contributed by atoms with van der Waals surface area (Å²) in [4.78, 5) is 26.8. The largest absolute Gasteiger partial charge is 0.433 e. The molecule has 1 aromatic rings. The number of nitrogens with zero attached hydrogens (tertiary/aromatic N) is 1. The number of hydrogen-bond donors (Lipinski definition) is 0. The van der Waals surface area contributed by atoms with Crippen molar-refractivity contribution in [2.45, 2.75) is 66.2 Å². The molecule has 0 aromatic heterocycles. The molecule has 0 saturated heterocycles. The molecule has 23 heavy (non-hydrogen) atoms. The summed E-state index contributed by atoms with van der Waals surface area (Å²) >= 11 is 0. The Labute approximate surface area is 139 Å². The van der Waals surface area contributed by atoms with Crippen LogP contribution in [0.2, 0.25) is 0 Å². The van der Waals surface area contributed by atoms with Gasteiger partial charge >= 0.3 is 6.09 Å². The van der Waals surface area contributed by atoms with E-state index in [9.17, 15) is 9.59 Å². The Bertz CT molecular complexity index is 501. The molecule has 128 valence electrons. The highest BCUT2D eigenvalue weighted by Crippen LogP contribution is 2.24. The molecular weight excluding hydrogens is 290 g/mol. The number of Topliss-reactive ketones (excluding diaryl/α,β-unsaturated/α-hetero) is 1. The summed E-state index contributed by atoms with van der Waals surface area (Å²) in [6, 6.07) is 9.25. The Morgan fingerprint density at radius 2 is 1.48 bits per heavy atom. The average molecular weight is 319 g/mol. The van der Waals surface area contributed by atoms with E-state index in [-0.39, 0.29) is 23.8 Å². The maximum absolute atomic E-state index is 12.6. The number of rotatable bonds is 7. The molecule has 4 nitrogen and oxygen atoms in total. The molecule has 0 N–H and O–H groups in total. The summed E-state index contributed by atoms with van der Waals surface area (Å²) in [7, 11) is 0. The zero-order valence-electron chi connectivity index (χ0n) is 15.1. The quantitative estimate of drug-likeness (QED) is 0.738. The van der Waals surface area contributed by atoms with Gasteiger partial charge in [0.2, 0.25) is 0 Å². The number of ether oxygens (including phenoxy) is 1. The van der Waals surface area contributed by atoms with Crippen molar-refractivity contribution in [1.82, 2.24) is 4.90 Å². The third-order valence-electron chi connectivity index (χ3n) is 3.55. The van der Waals surface area contributed by atoms with Crippen LogP contribution in [0, 0.1) is 5.92 Å². The summed E-state index contributed by atoms with van der Waals surface area (Å²) < 4.78 is 5.62. The average Bonchev–Trinajstić information content (AvgIpc) is 2.44. The maximum atomic E-state index is 12.6. The van der Waals surface area contributed by atoms with Crippen molar-refractivity contribution in [3.05, 3.63) is 35.9 Å². The van der Waals surface area contributed by atoms with E-state index in [1.54, 1.807) is 4.90 Å². The van der Waals surface area contributed by atoms with E-state index in [0.29, 0.717) is 6.42 Å². The van der Waals surface area contributed by atoms with Crippen molar-refractivity contribution < 1.29 is 14.3 Å². The lowest BCUT2D eigenvalue weighted by Crippen LogP contribution is -2.43. The predicted molar refractivity (Wildman–Crippen MR) is 92.2 cm³/mol. The fourth-order valence-corrected chi connectivity index (χ4v) is 2.64. The summed E-state index contributed by atoms with van der Waals surface area (Å²) in [5, 5.41) is 0. The predicted octanol–water partition coefficient (Wildman–Crippen LogP) is 4.60. The van der Waals surface area contributed by atoms with Crippen LogP contribution in [0.15, 0.2) is 30.3 Å². The third-order valence-corrected chi connectivity index (χ3v) is 3.55. The lowest BCUT2D eigenvalue weighted by molar-refractivity contribution is -0.129. The highest BCUT2D eigenvalue weighted by atomic mass is 16.6. The molecule has 0 saturated carbocycles. The van der Waals surface area contributed by atoms with Gasteiger partial charge in [-0.05, 0) is 33.6 Å². The molecule has 0 radical (unpaired) electrons. The van der Waals surface area contributed by atoms with E-state index in [2.05, 4.69) is 0 Å². The highest BCUT2D eigenvalue weighted by molar-refractivity contribution is 5.86. The number of hydrogen-bond acceptors (Lipinski definition) is 3. The van der Waals surface area contributed by atoms with Crippen molar-refractivity contribution in [1.29, 1.82) is 0 Å². The van der Waals surface area contributed by atoms with E-state index >= 15 is 0 Å². The van der Waals surface area contributed by atoms with Gasteiger partial charge in [0.25, 0.3) is 0 Å². The first-order valence-electron chi connectivity index (χ1n) is 8.30. The number of ketones is 1. The molecule has 1 aromatic carbocycles. The van der Waals surface area contributed by atoms with Crippen LogP contribution in [0.1, 0.15) is 59.6 Å². The summed E-state index contributed by atoms with van der Waals surface area (Å²) in [5.41, 5.74) is 0.721. The van der Waals surface area contributed by atoms with Crippen LogP contribution < -0.4 is 0 Å². The molecule has 0 fully saturated rings. The maximum Gasteiger partial charge on any atom is 0.411 e. The zero-order valence-corrected chi connectivity index (χ0v) is 15.1. The molecule has 0 aliphatic carbocycles. The van der Waals surface area contributed by atoms with Crippen LogP contribution in [0.5, 0.6) is 0 Å². The van der Waals surface area contributed by atoms with Gasteiger partial charge in [0, 0.05) is 24.1 Å². The molecule has 0 heterocycles. The van der Waals surface area contributed by atoms with Crippen molar-refractivity contribution in [3.8, 4) is 0 Å². The van der Waals surface area contributed by atoms with E-state index in [4.69, 9.17) is 4.74 Å². The first-order chi connectivity index (χ1) is 10.7. The SMILES string of the molecule is CC(C)CC(=O)C(OC(=O)N(C(C)C)C(C)C)c1ccccc1. The van der Waals surface area contributed by atoms with Gasteiger partial charge in [0.15, 0.2) is 11.9 Å². The molecule has 1 amide bonds. The van der Waals surface area contributed by atoms with E-state index in [0.717, 1.165) is 5.56 Å². The van der Waals surface area contributed by atoms with Crippen molar-refractivity contribution in [2.24, 2.45) is 5.92 Å². The third kappa shape index (κ3) is 5.70. The Balaban J connectivity index is 3.01. The highest BCUT2D eigenvalue weighted by Gasteiger charge is 2.29. The van der Waals surface area contributed by atoms with E-state index in [1.165, 1.54) is 0 Å². The van der Waals surface area contributed by atoms with Gasteiger partial charge in [-0.15, -0.1) is 0 Å². The first-order valence-corrected chi connectivity index (χ1v) is 8.30. The van der Waals surface area contributed by atoms with Gasteiger partial charge in [-0.25, -0.2) is 4.79 Å². The molecule has 0 spiro atoms. The monoisotopic (exact) mass is 319 g/mol. The van der Waals surface area contributed by atoms with Crippen LogP contribution in [0.3, 0.4) is 0 Å². The van der Waals surface area contributed by atoms with E-state index in [1.807, 2.05) is 71.9 Å². The van der Waals surface area contributed by atoms with Gasteiger partial charge in [0.1, 0.15) is 0 Å². The summed E-state index contributed by atoms with van der Waals surface area (Å²) in [6.45, 7) is 11.7. The molecule has 0 aliphatic heterocycles.